The standard InChI is InChI=1S/C14H13BrN4.C8H11N.C6H3BrClN3.C4H8O.C4H9O.K/c1-9-3-4-11(7-10(9)2)17-13-5-6-14-16-8-12(15)19(14)18-13;1-6-3-4-8(9)5-7(6)2;7-4-3-9-6-2-1-5(8)10-11(4)6;1-2-4-5-3-1;1-4(2,3)5;/h3-8H,1-2H3,(H,17,18);3-5H,9H2,1-2H3;1-3H;1-4H2;1-3H3;/q;;;;-1;+1. The Balaban J connectivity index is 0.000000239. The van der Waals surface area contributed by atoms with Crippen molar-refractivity contribution >= 4 is 71.9 Å². The van der Waals surface area contributed by atoms with Crippen LogP contribution in [0.2, 0.25) is 5.15 Å². The van der Waals surface area contributed by atoms with Crippen molar-refractivity contribution in [2.45, 2.75) is 66.9 Å². The molecule has 0 bridgehead atoms. The summed E-state index contributed by atoms with van der Waals surface area (Å²) in [6.45, 7) is 15.2. The third-order valence-corrected chi connectivity index (χ3v) is 8.03. The fraction of sp³-hybridized carbons (Fsp3) is 0.333. The Hall–Kier alpha value is -1.91. The van der Waals surface area contributed by atoms with Crippen molar-refractivity contribution < 1.29 is 61.2 Å². The van der Waals surface area contributed by atoms with Crippen molar-refractivity contribution in [3.8, 4) is 0 Å². The molecule has 14 heteroatoms. The van der Waals surface area contributed by atoms with Gasteiger partial charge in [0.25, 0.3) is 0 Å². The van der Waals surface area contributed by atoms with Gasteiger partial charge in [-0.1, -0.05) is 44.5 Å². The first-order chi connectivity index (χ1) is 23.1. The third kappa shape index (κ3) is 15.8. The Morgan fingerprint density at radius 2 is 1.26 bits per heavy atom. The Kier molecular flexibility index (Phi) is 19.1. The number of aryl methyl sites for hydroxylation is 4. The maximum Gasteiger partial charge on any atom is 1.00 e. The fourth-order valence-corrected chi connectivity index (χ4v) is 4.84. The summed E-state index contributed by atoms with van der Waals surface area (Å²) < 4.78 is 9.97. The third-order valence-electron chi connectivity index (χ3n) is 6.75. The average molecular weight is 855 g/mol. The summed E-state index contributed by atoms with van der Waals surface area (Å²) in [5, 5.41) is 22.3. The van der Waals surface area contributed by atoms with Gasteiger partial charge in [0.05, 0.1) is 12.4 Å². The van der Waals surface area contributed by atoms with Gasteiger partial charge in [0, 0.05) is 24.6 Å². The van der Waals surface area contributed by atoms with Gasteiger partial charge in [0.15, 0.2) is 17.1 Å². The molecule has 0 aliphatic carbocycles. The summed E-state index contributed by atoms with van der Waals surface area (Å²) in [4.78, 5) is 8.27. The van der Waals surface area contributed by atoms with Crippen LogP contribution in [0.25, 0.3) is 11.3 Å². The summed E-state index contributed by atoms with van der Waals surface area (Å²) in [7, 11) is 0. The van der Waals surface area contributed by atoms with E-state index in [1.165, 1.54) is 35.1 Å². The van der Waals surface area contributed by atoms with Crippen LogP contribution in [0.5, 0.6) is 0 Å². The van der Waals surface area contributed by atoms with E-state index < -0.39 is 5.60 Å². The van der Waals surface area contributed by atoms with E-state index in [1.54, 1.807) is 54.3 Å². The zero-order chi connectivity index (χ0) is 36.1. The quantitative estimate of drug-likeness (QED) is 0.165. The molecule has 5 heterocycles. The Bertz CT molecular complexity index is 1930. The molecule has 1 aliphatic heterocycles. The van der Waals surface area contributed by atoms with Crippen molar-refractivity contribution in [1.29, 1.82) is 0 Å². The molecule has 0 amide bonds. The molecule has 1 aliphatic rings. The van der Waals surface area contributed by atoms with Crippen LogP contribution in [-0.2, 0) is 4.74 Å². The summed E-state index contributed by atoms with van der Waals surface area (Å²) in [6, 6.07) is 19.6. The largest absolute Gasteiger partial charge is 1.00 e. The van der Waals surface area contributed by atoms with E-state index in [1.807, 2.05) is 30.3 Å². The van der Waals surface area contributed by atoms with E-state index in [-0.39, 0.29) is 51.4 Å². The van der Waals surface area contributed by atoms with E-state index in [0.29, 0.717) is 5.15 Å². The molecular weight excluding hydrogens is 811 g/mol. The van der Waals surface area contributed by atoms with Crippen LogP contribution in [0.1, 0.15) is 55.9 Å². The van der Waals surface area contributed by atoms with Crippen LogP contribution in [0, 0.1) is 27.7 Å². The van der Waals surface area contributed by atoms with Gasteiger partial charge in [0.1, 0.15) is 14.4 Å². The number of nitrogens with two attached hydrogens (primary N) is 1. The number of fused-ring (bicyclic) bond motifs is 2. The number of imidazole rings is 2. The minimum atomic E-state index is -0.750. The first-order valence-corrected chi connectivity index (χ1v) is 17.7. The molecule has 0 atom stereocenters. The predicted molar refractivity (Wildman–Crippen MR) is 206 cm³/mol. The molecule has 0 unspecified atom stereocenters. The minimum Gasteiger partial charge on any atom is -0.850 e. The number of ether oxygens (including phenoxy) is 1. The van der Waals surface area contributed by atoms with E-state index in [2.05, 4.69) is 103 Å². The Labute approximate surface area is 359 Å². The number of nitrogen functional groups attached to an aromatic ring is 1. The van der Waals surface area contributed by atoms with E-state index in [9.17, 15) is 5.11 Å². The van der Waals surface area contributed by atoms with Gasteiger partial charge < -0.3 is 20.9 Å². The monoisotopic (exact) mass is 852 g/mol. The minimum absolute atomic E-state index is 0. The molecule has 6 aromatic rings. The van der Waals surface area contributed by atoms with Gasteiger partial charge in [-0.05, 0) is 143 Å². The van der Waals surface area contributed by atoms with Crippen molar-refractivity contribution in [1.82, 2.24) is 29.2 Å². The van der Waals surface area contributed by atoms with Crippen LogP contribution < -0.4 is 67.5 Å². The second-order valence-electron chi connectivity index (χ2n) is 12.3. The molecule has 2 aromatic carbocycles. The van der Waals surface area contributed by atoms with Crippen molar-refractivity contribution in [3.05, 3.63) is 110 Å². The van der Waals surface area contributed by atoms with Crippen LogP contribution >= 0.6 is 43.5 Å². The van der Waals surface area contributed by atoms with Crippen molar-refractivity contribution in [2.75, 3.05) is 24.3 Å². The number of nitrogens with zero attached hydrogens (tertiary/aromatic N) is 6. The SMILES string of the molecule is C1CCOC1.CC(C)(C)[O-].Cc1ccc(N)cc1C.Cc1ccc(Nc2ccc3ncc(Br)n3n2)cc1C.Clc1ccc2ncc(Br)n2n1.[K+]. The van der Waals surface area contributed by atoms with Crippen LogP contribution in [-0.4, -0.2) is 48.0 Å². The first-order valence-electron chi connectivity index (χ1n) is 15.7. The molecule has 50 heavy (non-hydrogen) atoms. The fourth-order valence-electron chi connectivity index (χ4n) is 3.98. The van der Waals surface area contributed by atoms with Crippen LogP contribution in [0.15, 0.2) is 82.3 Å². The van der Waals surface area contributed by atoms with Gasteiger partial charge in [-0.15, -0.1) is 10.7 Å². The maximum atomic E-state index is 10.1. The van der Waals surface area contributed by atoms with Crippen molar-refractivity contribution in [3.63, 3.8) is 0 Å². The summed E-state index contributed by atoms with van der Waals surface area (Å²) in [6.07, 6.45) is 5.97. The molecule has 7 rings (SSSR count). The van der Waals surface area contributed by atoms with Crippen molar-refractivity contribution in [2.24, 2.45) is 0 Å². The normalized spacial score (nSPS) is 11.8. The molecule has 1 saturated heterocycles. The number of anilines is 3. The zero-order valence-corrected chi connectivity index (χ0v) is 37.0. The zero-order valence-electron chi connectivity index (χ0n) is 30.0. The van der Waals surface area contributed by atoms with E-state index in [4.69, 9.17) is 22.1 Å². The molecular formula is C36H44Br2ClKN8O2. The van der Waals surface area contributed by atoms with E-state index in [0.717, 1.165) is 50.9 Å². The first kappa shape index (κ1) is 44.2. The van der Waals surface area contributed by atoms with Gasteiger partial charge in [-0.2, -0.15) is 5.10 Å². The molecule has 3 N–H and O–H groups in total. The number of benzene rings is 2. The summed E-state index contributed by atoms with van der Waals surface area (Å²) in [5.41, 5.74) is 13.4. The van der Waals surface area contributed by atoms with Gasteiger partial charge in [0.2, 0.25) is 0 Å². The number of halogens is 3. The molecule has 262 valence electrons. The number of nitrogens with one attached hydrogen (secondary N) is 1. The number of hydrogen-bond acceptors (Lipinski definition) is 8. The molecule has 0 saturated carbocycles. The van der Waals surface area contributed by atoms with Crippen LogP contribution in [0.3, 0.4) is 0 Å². The van der Waals surface area contributed by atoms with Gasteiger partial charge >= 0.3 is 51.4 Å². The Morgan fingerprint density at radius 1 is 0.760 bits per heavy atom. The Morgan fingerprint density at radius 3 is 1.74 bits per heavy atom. The number of rotatable bonds is 2. The predicted octanol–water partition coefficient (Wildman–Crippen LogP) is 5.83. The summed E-state index contributed by atoms with van der Waals surface area (Å²) in [5.74, 6) is 0.787. The maximum absolute atomic E-state index is 10.1. The van der Waals surface area contributed by atoms with Crippen LogP contribution in [0.4, 0.5) is 17.2 Å². The molecule has 0 radical (unpaired) electrons. The topological polar surface area (TPSA) is 131 Å². The number of aromatic nitrogens is 6. The average Bonchev–Trinajstić information content (AvgIpc) is 3.81. The second-order valence-corrected chi connectivity index (χ2v) is 14.3. The molecule has 1 fully saturated rings. The second kappa shape index (κ2) is 21.6. The van der Waals surface area contributed by atoms with E-state index >= 15 is 0 Å². The molecule has 10 nitrogen and oxygen atoms in total. The smallest absolute Gasteiger partial charge is 0.850 e. The molecule has 4 aromatic heterocycles. The number of hydrogen-bond donors (Lipinski definition) is 2. The molecule has 0 spiro atoms. The summed E-state index contributed by atoms with van der Waals surface area (Å²) >= 11 is 12.4. The van der Waals surface area contributed by atoms with Gasteiger partial charge in [-0.25, -0.2) is 19.0 Å². The van der Waals surface area contributed by atoms with Gasteiger partial charge in [-0.3, -0.25) is 0 Å².